The molecule has 1 aliphatic heterocycles. The summed E-state index contributed by atoms with van der Waals surface area (Å²) in [5, 5.41) is 32.1. The Morgan fingerprint density at radius 1 is 1.22 bits per heavy atom. The zero-order valence-corrected chi connectivity index (χ0v) is 16.9. The average Bonchev–Trinajstić information content (AvgIpc) is 3.12. The highest BCUT2D eigenvalue weighted by Crippen LogP contribution is 2.32. The Morgan fingerprint density at radius 3 is 2.50 bits per heavy atom. The van der Waals surface area contributed by atoms with Crippen molar-refractivity contribution >= 4 is 35.3 Å². The predicted octanol–water partition coefficient (Wildman–Crippen LogP) is 1.94. The Hall–Kier alpha value is -4.41. The van der Waals surface area contributed by atoms with Crippen LogP contribution in [0.25, 0.3) is 0 Å². The summed E-state index contributed by atoms with van der Waals surface area (Å²) in [4.78, 5) is 40.2. The average molecular weight is 440 g/mol. The molecule has 0 fully saturated rings. The molecule has 6 N–H and O–H groups in total. The molecular formula is C21H20N4O7. The van der Waals surface area contributed by atoms with Gasteiger partial charge < -0.3 is 30.8 Å². The number of carboxylic acids is 2. The van der Waals surface area contributed by atoms with Gasteiger partial charge in [-0.05, 0) is 55.0 Å². The summed E-state index contributed by atoms with van der Waals surface area (Å²) < 4.78 is 5.43. The summed E-state index contributed by atoms with van der Waals surface area (Å²) in [6.07, 6.45) is -1.01. The first kappa shape index (κ1) is 22.3. The molecule has 1 heterocycles. The number of anilines is 1. The molecule has 166 valence electrons. The third-order valence-corrected chi connectivity index (χ3v) is 4.60. The van der Waals surface area contributed by atoms with Crippen LogP contribution in [0.2, 0.25) is 0 Å². The molecule has 0 aromatic heterocycles. The van der Waals surface area contributed by atoms with Gasteiger partial charge in [0, 0.05) is 17.7 Å². The molecule has 0 saturated carbocycles. The number of hydrogen-bond donors (Lipinski definition) is 5. The van der Waals surface area contributed by atoms with Crippen LogP contribution < -0.4 is 15.8 Å². The van der Waals surface area contributed by atoms with Gasteiger partial charge in [0.2, 0.25) is 5.60 Å². The largest absolute Gasteiger partial charge is 0.481 e. The first-order chi connectivity index (χ1) is 15.1. The van der Waals surface area contributed by atoms with Crippen LogP contribution in [0.5, 0.6) is 5.75 Å². The molecule has 1 unspecified atom stereocenters. The second kappa shape index (κ2) is 8.76. The molecule has 0 amide bonds. The highest BCUT2D eigenvalue weighted by Gasteiger charge is 2.49. The minimum absolute atomic E-state index is 0.199. The van der Waals surface area contributed by atoms with E-state index in [0.717, 1.165) is 0 Å². The zero-order chi connectivity index (χ0) is 23.5. The van der Waals surface area contributed by atoms with Crippen LogP contribution in [0.1, 0.15) is 34.3 Å². The Bertz CT molecular complexity index is 1130. The van der Waals surface area contributed by atoms with Crippen LogP contribution in [0.3, 0.4) is 0 Å². The van der Waals surface area contributed by atoms with E-state index in [1.165, 1.54) is 18.2 Å². The second-order valence-corrected chi connectivity index (χ2v) is 7.22. The van der Waals surface area contributed by atoms with Gasteiger partial charge in [-0.3, -0.25) is 10.2 Å². The van der Waals surface area contributed by atoms with Crippen LogP contribution in [-0.4, -0.2) is 45.4 Å². The Morgan fingerprint density at radius 2 is 1.91 bits per heavy atom. The number of esters is 1. The molecule has 1 atom stereocenters. The molecule has 0 bridgehead atoms. The number of guanidine groups is 1. The van der Waals surface area contributed by atoms with Gasteiger partial charge in [-0.1, -0.05) is 5.16 Å². The van der Waals surface area contributed by atoms with Gasteiger partial charge in [0.1, 0.15) is 5.75 Å². The molecule has 0 saturated heterocycles. The number of oxime groups is 1. The van der Waals surface area contributed by atoms with Crippen LogP contribution >= 0.6 is 0 Å². The van der Waals surface area contributed by atoms with Gasteiger partial charge in [-0.15, -0.1) is 0 Å². The molecule has 32 heavy (non-hydrogen) atoms. The van der Waals surface area contributed by atoms with Crippen molar-refractivity contribution < 1.29 is 34.2 Å². The normalized spacial score (nSPS) is 17.1. The monoisotopic (exact) mass is 440 g/mol. The quantitative estimate of drug-likeness (QED) is 0.186. The number of aryl methyl sites for hydroxylation is 1. The summed E-state index contributed by atoms with van der Waals surface area (Å²) in [6.45, 7) is 1.75. The summed E-state index contributed by atoms with van der Waals surface area (Å²) >= 11 is 0. The van der Waals surface area contributed by atoms with E-state index in [4.69, 9.17) is 25.8 Å². The highest BCUT2D eigenvalue weighted by atomic mass is 16.7. The fourth-order valence-corrected chi connectivity index (χ4v) is 3.15. The molecule has 1 aliphatic rings. The maximum atomic E-state index is 12.5. The fourth-order valence-electron chi connectivity index (χ4n) is 3.15. The lowest BCUT2D eigenvalue weighted by Crippen LogP contribution is -2.41. The first-order valence-corrected chi connectivity index (χ1v) is 9.33. The predicted molar refractivity (Wildman–Crippen MR) is 113 cm³/mol. The maximum Gasteiger partial charge on any atom is 0.351 e. The van der Waals surface area contributed by atoms with Crippen LogP contribution in [0, 0.1) is 12.3 Å². The Labute approximate surface area is 181 Å². The number of nitrogens with two attached hydrogens (primary N) is 1. The lowest BCUT2D eigenvalue weighted by molar-refractivity contribution is -0.169. The van der Waals surface area contributed by atoms with E-state index >= 15 is 0 Å². The van der Waals surface area contributed by atoms with Crippen molar-refractivity contribution in [3.05, 3.63) is 59.2 Å². The van der Waals surface area contributed by atoms with Crippen molar-refractivity contribution in [1.29, 1.82) is 5.41 Å². The highest BCUT2D eigenvalue weighted by molar-refractivity contribution is 6.06. The van der Waals surface area contributed by atoms with Gasteiger partial charge in [-0.2, -0.15) is 0 Å². The number of nitrogens with zero attached hydrogens (tertiary/aromatic N) is 1. The van der Waals surface area contributed by atoms with Crippen LogP contribution in [0.15, 0.2) is 47.6 Å². The number of nitrogens with one attached hydrogen (secondary N) is 2. The second-order valence-electron chi connectivity index (χ2n) is 7.22. The number of carbonyl (C=O) groups is 3. The van der Waals surface area contributed by atoms with E-state index in [9.17, 15) is 19.5 Å². The first-order valence-electron chi connectivity index (χ1n) is 9.33. The molecule has 3 rings (SSSR count). The van der Waals surface area contributed by atoms with Crippen molar-refractivity contribution in [2.24, 2.45) is 10.9 Å². The summed E-state index contributed by atoms with van der Waals surface area (Å²) in [7, 11) is 0. The van der Waals surface area contributed by atoms with Crippen molar-refractivity contribution in [2.45, 2.75) is 25.4 Å². The number of rotatable bonds is 7. The van der Waals surface area contributed by atoms with Crippen molar-refractivity contribution in [3.63, 3.8) is 0 Å². The standard InChI is InChI=1S/C21H20N4O7/c1-11-6-13(16-9-21(19(29)30,32-25-16)10-17(26)27)8-15(7-11)31-18(28)12-2-4-14(5-3-12)24-20(22)23/h2-8H,9-10H2,1H3,(H,26,27)(H,29,30)(H4,22,23,24). The molecule has 2 aromatic rings. The number of aliphatic carboxylic acids is 2. The lowest BCUT2D eigenvalue weighted by atomic mass is 9.91. The molecule has 2 aromatic carbocycles. The van der Waals surface area contributed by atoms with E-state index in [1.807, 2.05) is 0 Å². The smallest absolute Gasteiger partial charge is 0.351 e. The number of carboxylic acid groups (broad SMARTS) is 2. The van der Waals surface area contributed by atoms with E-state index < -0.39 is 29.9 Å². The minimum Gasteiger partial charge on any atom is -0.481 e. The Kier molecular flexibility index (Phi) is 6.10. The maximum absolute atomic E-state index is 12.5. The van der Waals surface area contributed by atoms with E-state index in [1.54, 1.807) is 31.2 Å². The van der Waals surface area contributed by atoms with E-state index in [2.05, 4.69) is 10.5 Å². The topological polar surface area (TPSA) is 184 Å². The SMILES string of the molecule is Cc1cc(OC(=O)c2ccc(NC(=N)N)cc2)cc(C2=NOC(CC(=O)O)(C(=O)O)C2)c1. The van der Waals surface area contributed by atoms with Crippen LogP contribution in [0.4, 0.5) is 5.69 Å². The minimum atomic E-state index is -1.99. The number of carbonyl (C=O) groups excluding carboxylic acids is 1. The third kappa shape index (κ3) is 5.01. The molecule has 0 spiro atoms. The van der Waals surface area contributed by atoms with E-state index in [0.29, 0.717) is 16.8 Å². The number of ether oxygens (including phenoxy) is 1. The summed E-state index contributed by atoms with van der Waals surface area (Å²) in [6, 6.07) is 11.0. The number of hydrogen-bond acceptors (Lipinski definition) is 7. The molecule has 0 radical (unpaired) electrons. The number of benzene rings is 2. The van der Waals surface area contributed by atoms with E-state index in [-0.39, 0.29) is 29.4 Å². The summed E-state index contributed by atoms with van der Waals surface area (Å²) in [5.74, 6) is -3.43. The van der Waals surface area contributed by atoms with Gasteiger partial charge in [0.05, 0.1) is 17.7 Å². The molecule has 11 heteroatoms. The van der Waals surface area contributed by atoms with Gasteiger partial charge in [-0.25, -0.2) is 9.59 Å². The summed E-state index contributed by atoms with van der Waals surface area (Å²) in [5.41, 5.74) is 5.45. The molecule has 11 nitrogen and oxygen atoms in total. The van der Waals surface area contributed by atoms with Gasteiger partial charge >= 0.3 is 17.9 Å². The lowest BCUT2D eigenvalue weighted by Gasteiger charge is -2.19. The van der Waals surface area contributed by atoms with Crippen molar-refractivity contribution in [3.8, 4) is 5.75 Å². The van der Waals surface area contributed by atoms with Crippen LogP contribution in [-0.2, 0) is 14.4 Å². The van der Waals surface area contributed by atoms with Gasteiger partial charge in [0.15, 0.2) is 5.96 Å². The van der Waals surface area contributed by atoms with Crippen molar-refractivity contribution in [2.75, 3.05) is 5.32 Å². The molecular weight excluding hydrogens is 420 g/mol. The van der Waals surface area contributed by atoms with Gasteiger partial charge in [0.25, 0.3) is 0 Å². The Balaban J connectivity index is 1.78. The third-order valence-electron chi connectivity index (χ3n) is 4.60. The molecule has 0 aliphatic carbocycles. The fraction of sp³-hybridized carbons (Fsp3) is 0.190. The zero-order valence-electron chi connectivity index (χ0n) is 16.9. The van der Waals surface area contributed by atoms with Crippen molar-refractivity contribution in [1.82, 2.24) is 0 Å².